The third-order valence-corrected chi connectivity index (χ3v) is 2.90. The summed E-state index contributed by atoms with van der Waals surface area (Å²) >= 11 is 0. The van der Waals surface area contributed by atoms with E-state index in [4.69, 9.17) is 4.74 Å². The van der Waals surface area contributed by atoms with Crippen LogP contribution in [-0.4, -0.2) is 22.7 Å². The summed E-state index contributed by atoms with van der Waals surface area (Å²) in [7, 11) is 0. The molecule has 2 N–H and O–H groups in total. The van der Waals surface area contributed by atoms with E-state index in [-0.39, 0.29) is 0 Å². The van der Waals surface area contributed by atoms with Crippen molar-refractivity contribution in [2.45, 2.75) is 27.7 Å². The van der Waals surface area contributed by atoms with Crippen molar-refractivity contribution in [2.75, 3.05) is 17.2 Å². The van der Waals surface area contributed by atoms with Crippen LogP contribution < -0.4 is 10.6 Å². The highest BCUT2D eigenvalue weighted by atomic mass is 16.5. The second-order valence-electron chi connectivity index (χ2n) is 5.80. The first-order valence-electron chi connectivity index (χ1n) is 7.55. The van der Waals surface area contributed by atoms with Crippen LogP contribution in [0, 0.1) is 19.8 Å². The molecule has 1 amide bonds. The monoisotopic (exact) mass is 314 g/mol. The number of benzene rings is 1. The van der Waals surface area contributed by atoms with Gasteiger partial charge in [-0.2, -0.15) is 0 Å². The Balaban J connectivity index is 2.03. The third kappa shape index (κ3) is 5.58. The standard InChI is InChI=1S/C17H22N4O2/c1-11(2)10-23-17(22)21-15-7-5-6-14(9-15)20-16-18-12(3)8-13(4)19-16/h5-9,11H,10H2,1-4H3,(H,21,22)(H,18,19,20). The summed E-state index contributed by atoms with van der Waals surface area (Å²) in [5.74, 6) is 0.831. The molecule has 1 heterocycles. The van der Waals surface area contributed by atoms with Gasteiger partial charge in [0.05, 0.1) is 6.61 Å². The Morgan fingerprint density at radius 1 is 1.13 bits per heavy atom. The maximum Gasteiger partial charge on any atom is 0.411 e. The fourth-order valence-electron chi connectivity index (χ4n) is 1.98. The second kappa shape index (κ2) is 7.58. The molecule has 0 aliphatic carbocycles. The van der Waals surface area contributed by atoms with Gasteiger partial charge in [-0.05, 0) is 44.0 Å². The number of hydrogen-bond donors (Lipinski definition) is 2. The number of hydrogen-bond acceptors (Lipinski definition) is 5. The lowest BCUT2D eigenvalue weighted by molar-refractivity contribution is 0.147. The number of anilines is 3. The Morgan fingerprint density at radius 2 is 1.78 bits per heavy atom. The third-order valence-electron chi connectivity index (χ3n) is 2.90. The minimum absolute atomic E-state index is 0.301. The molecule has 0 saturated heterocycles. The highest BCUT2D eigenvalue weighted by Gasteiger charge is 2.06. The first-order valence-corrected chi connectivity index (χ1v) is 7.55. The molecule has 2 aromatic rings. The average molecular weight is 314 g/mol. The molecular weight excluding hydrogens is 292 g/mol. The molecule has 122 valence electrons. The number of aryl methyl sites for hydroxylation is 2. The van der Waals surface area contributed by atoms with Crippen molar-refractivity contribution < 1.29 is 9.53 Å². The van der Waals surface area contributed by atoms with Crippen molar-refractivity contribution in [1.82, 2.24) is 9.97 Å². The highest BCUT2D eigenvalue weighted by molar-refractivity contribution is 5.85. The van der Waals surface area contributed by atoms with Crippen LogP contribution >= 0.6 is 0 Å². The predicted octanol–water partition coefficient (Wildman–Crippen LogP) is 4.04. The minimum Gasteiger partial charge on any atom is -0.449 e. The lowest BCUT2D eigenvalue weighted by Gasteiger charge is -2.11. The molecule has 0 radical (unpaired) electrons. The molecule has 0 fully saturated rings. The Kier molecular flexibility index (Phi) is 5.51. The number of aromatic nitrogens is 2. The van der Waals surface area contributed by atoms with E-state index in [2.05, 4.69) is 20.6 Å². The zero-order chi connectivity index (χ0) is 16.8. The number of amides is 1. The Hall–Kier alpha value is -2.63. The Bertz CT molecular complexity index is 666. The van der Waals surface area contributed by atoms with E-state index >= 15 is 0 Å². The van der Waals surface area contributed by atoms with Gasteiger partial charge in [0, 0.05) is 22.8 Å². The SMILES string of the molecule is Cc1cc(C)nc(Nc2cccc(NC(=O)OCC(C)C)c2)n1. The van der Waals surface area contributed by atoms with E-state index in [1.807, 2.05) is 45.9 Å². The normalized spacial score (nSPS) is 10.5. The van der Waals surface area contributed by atoms with E-state index in [9.17, 15) is 4.79 Å². The maximum atomic E-state index is 11.7. The number of carbonyl (C=O) groups excluding carboxylic acids is 1. The van der Waals surface area contributed by atoms with E-state index in [1.165, 1.54) is 0 Å². The van der Waals surface area contributed by atoms with E-state index < -0.39 is 6.09 Å². The van der Waals surface area contributed by atoms with Crippen molar-refractivity contribution in [3.63, 3.8) is 0 Å². The molecule has 6 nitrogen and oxygen atoms in total. The summed E-state index contributed by atoms with van der Waals surface area (Å²) in [6.07, 6.45) is -0.460. The molecule has 0 saturated carbocycles. The molecule has 0 atom stereocenters. The van der Waals surface area contributed by atoms with Crippen LogP contribution in [0.25, 0.3) is 0 Å². The molecule has 0 spiro atoms. The van der Waals surface area contributed by atoms with Crippen LogP contribution in [0.2, 0.25) is 0 Å². The zero-order valence-electron chi connectivity index (χ0n) is 13.9. The van der Waals surface area contributed by atoms with Crippen LogP contribution in [0.5, 0.6) is 0 Å². The second-order valence-corrected chi connectivity index (χ2v) is 5.80. The summed E-state index contributed by atoms with van der Waals surface area (Å²) in [6, 6.07) is 9.23. The smallest absolute Gasteiger partial charge is 0.411 e. The summed E-state index contributed by atoms with van der Waals surface area (Å²) in [5.41, 5.74) is 3.22. The Labute approximate surface area is 136 Å². The van der Waals surface area contributed by atoms with Gasteiger partial charge in [-0.15, -0.1) is 0 Å². The lowest BCUT2D eigenvalue weighted by atomic mass is 10.2. The molecule has 1 aromatic carbocycles. The quantitative estimate of drug-likeness (QED) is 0.871. The summed E-state index contributed by atoms with van der Waals surface area (Å²) in [6.45, 7) is 8.20. The van der Waals surface area contributed by atoms with E-state index in [0.717, 1.165) is 17.1 Å². The van der Waals surface area contributed by atoms with Crippen molar-refractivity contribution >= 4 is 23.4 Å². The van der Waals surface area contributed by atoms with Gasteiger partial charge in [0.15, 0.2) is 0 Å². The van der Waals surface area contributed by atoms with Gasteiger partial charge in [0.2, 0.25) is 5.95 Å². The van der Waals surface area contributed by atoms with Crippen LogP contribution in [-0.2, 0) is 4.74 Å². The van der Waals surface area contributed by atoms with Crippen molar-refractivity contribution in [3.8, 4) is 0 Å². The highest BCUT2D eigenvalue weighted by Crippen LogP contribution is 2.18. The van der Waals surface area contributed by atoms with Gasteiger partial charge in [-0.1, -0.05) is 19.9 Å². The minimum atomic E-state index is -0.460. The number of ether oxygens (including phenoxy) is 1. The van der Waals surface area contributed by atoms with Gasteiger partial charge in [-0.25, -0.2) is 14.8 Å². The predicted molar refractivity (Wildman–Crippen MR) is 91.0 cm³/mol. The van der Waals surface area contributed by atoms with Crippen molar-refractivity contribution in [1.29, 1.82) is 0 Å². The maximum absolute atomic E-state index is 11.7. The van der Waals surface area contributed by atoms with E-state index in [1.54, 1.807) is 12.1 Å². The van der Waals surface area contributed by atoms with Gasteiger partial charge in [0.1, 0.15) is 0 Å². The van der Waals surface area contributed by atoms with Crippen LogP contribution in [0.4, 0.5) is 22.1 Å². The average Bonchev–Trinajstić information content (AvgIpc) is 2.44. The van der Waals surface area contributed by atoms with Crippen molar-refractivity contribution in [3.05, 3.63) is 41.7 Å². The van der Waals surface area contributed by atoms with E-state index in [0.29, 0.717) is 24.2 Å². The summed E-state index contributed by atoms with van der Waals surface area (Å²) in [4.78, 5) is 20.4. The number of nitrogens with one attached hydrogen (secondary N) is 2. The molecule has 6 heteroatoms. The fraction of sp³-hybridized carbons (Fsp3) is 0.353. The largest absolute Gasteiger partial charge is 0.449 e. The van der Waals surface area contributed by atoms with Gasteiger partial charge < -0.3 is 10.1 Å². The zero-order valence-corrected chi connectivity index (χ0v) is 13.9. The number of nitrogens with zero attached hydrogens (tertiary/aromatic N) is 2. The topological polar surface area (TPSA) is 76.1 Å². The summed E-state index contributed by atoms with van der Waals surface area (Å²) in [5, 5.41) is 5.84. The van der Waals surface area contributed by atoms with Gasteiger partial charge >= 0.3 is 6.09 Å². The molecule has 0 unspecified atom stereocenters. The van der Waals surface area contributed by atoms with Crippen molar-refractivity contribution in [2.24, 2.45) is 5.92 Å². The van der Waals surface area contributed by atoms with Crippen LogP contribution in [0.15, 0.2) is 30.3 Å². The van der Waals surface area contributed by atoms with Crippen LogP contribution in [0.3, 0.4) is 0 Å². The first kappa shape index (κ1) is 16.7. The number of rotatable bonds is 5. The summed E-state index contributed by atoms with van der Waals surface area (Å²) < 4.78 is 5.10. The van der Waals surface area contributed by atoms with Gasteiger partial charge in [0.25, 0.3) is 0 Å². The fourth-order valence-corrected chi connectivity index (χ4v) is 1.98. The molecular formula is C17H22N4O2. The van der Waals surface area contributed by atoms with Crippen LogP contribution in [0.1, 0.15) is 25.2 Å². The molecule has 0 aliphatic heterocycles. The molecule has 0 aliphatic rings. The molecule has 23 heavy (non-hydrogen) atoms. The Morgan fingerprint density at radius 3 is 2.43 bits per heavy atom. The molecule has 1 aromatic heterocycles. The first-order chi connectivity index (χ1) is 10.9. The lowest BCUT2D eigenvalue weighted by Crippen LogP contribution is -2.16. The molecule has 0 bridgehead atoms. The van der Waals surface area contributed by atoms with Gasteiger partial charge in [-0.3, -0.25) is 5.32 Å². The number of carbonyl (C=O) groups is 1. The molecule has 2 rings (SSSR count).